The predicted octanol–water partition coefficient (Wildman–Crippen LogP) is 1.34. The van der Waals surface area contributed by atoms with E-state index < -0.39 is 0 Å². The molecule has 2 aromatic heterocycles. The van der Waals surface area contributed by atoms with Gasteiger partial charge in [-0.25, -0.2) is 4.79 Å². The van der Waals surface area contributed by atoms with E-state index in [1.807, 2.05) is 34.6 Å². The summed E-state index contributed by atoms with van der Waals surface area (Å²) in [6.07, 6.45) is 0. The molecule has 31 heavy (non-hydrogen) atoms. The molecule has 0 unspecified atom stereocenters. The van der Waals surface area contributed by atoms with Crippen LogP contribution in [0, 0.1) is 6.92 Å². The molecule has 0 spiro atoms. The molecule has 0 saturated carbocycles. The smallest absolute Gasteiger partial charge is 0.332 e. The van der Waals surface area contributed by atoms with Crippen molar-refractivity contribution in [2.75, 3.05) is 44.3 Å². The second kappa shape index (κ2) is 7.81. The van der Waals surface area contributed by atoms with Gasteiger partial charge in [-0.15, -0.1) is 0 Å². The molecule has 0 amide bonds. The van der Waals surface area contributed by atoms with Gasteiger partial charge in [0.2, 0.25) is 5.95 Å². The van der Waals surface area contributed by atoms with Gasteiger partial charge < -0.3 is 14.2 Å². The van der Waals surface area contributed by atoms with Crippen LogP contribution in [0.15, 0.2) is 27.8 Å². The summed E-state index contributed by atoms with van der Waals surface area (Å²) in [4.78, 5) is 35.2. The molecule has 1 aromatic carbocycles. The molecule has 4 heterocycles. The lowest BCUT2D eigenvalue weighted by Gasteiger charge is -2.26. The van der Waals surface area contributed by atoms with E-state index in [2.05, 4.69) is 9.88 Å². The van der Waals surface area contributed by atoms with E-state index in [0.717, 1.165) is 24.3 Å². The Morgan fingerprint density at radius 1 is 1.10 bits per heavy atom. The van der Waals surface area contributed by atoms with E-state index in [9.17, 15) is 9.59 Å². The molecule has 0 atom stereocenters. The molecule has 2 aliphatic rings. The highest BCUT2D eigenvalue weighted by atomic mass is 35.5. The first-order valence-corrected chi connectivity index (χ1v) is 10.9. The van der Waals surface area contributed by atoms with Gasteiger partial charge in [0.1, 0.15) is 0 Å². The van der Waals surface area contributed by atoms with E-state index in [1.165, 1.54) is 9.13 Å². The summed E-state index contributed by atoms with van der Waals surface area (Å²) in [5.74, 6) is 0.660. The highest BCUT2D eigenvalue weighted by Gasteiger charge is 2.29. The summed E-state index contributed by atoms with van der Waals surface area (Å²) in [7, 11) is 1.67. The van der Waals surface area contributed by atoms with Gasteiger partial charge in [0.15, 0.2) is 11.2 Å². The topological polar surface area (TPSA) is 77.5 Å². The van der Waals surface area contributed by atoms with Crippen molar-refractivity contribution in [3.63, 3.8) is 0 Å². The molecule has 9 nitrogen and oxygen atoms in total. The molecule has 0 aliphatic carbocycles. The molecule has 0 N–H and O–H groups in total. The fourth-order valence-electron chi connectivity index (χ4n) is 4.34. The Morgan fingerprint density at radius 2 is 1.87 bits per heavy atom. The summed E-state index contributed by atoms with van der Waals surface area (Å²) in [5, 5.41) is 0.685. The Morgan fingerprint density at radius 3 is 2.61 bits per heavy atom. The van der Waals surface area contributed by atoms with Crippen LogP contribution in [0.5, 0.6) is 0 Å². The molecule has 3 aromatic rings. The maximum Gasteiger partial charge on any atom is 0.332 e. The van der Waals surface area contributed by atoms with Crippen molar-refractivity contribution >= 4 is 34.4 Å². The molecule has 5 rings (SSSR count). The predicted molar refractivity (Wildman–Crippen MR) is 120 cm³/mol. The minimum Gasteiger partial charge on any atom is -0.379 e. The van der Waals surface area contributed by atoms with Gasteiger partial charge in [-0.3, -0.25) is 18.8 Å². The lowest BCUT2D eigenvalue weighted by molar-refractivity contribution is 0.0361. The van der Waals surface area contributed by atoms with Gasteiger partial charge in [0, 0.05) is 57.0 Å². The summed E-state index contributed by atoms with van der Waals surface area (Å²) < 4.78 is 10.1. The van der Waals surface area contributed by atoms with Gasteiger partial charge in [-0.05, 0) is 24.6 Å². The number of imidazole rings is 1. The molecule has 0 bridgehead atoms. The number of anilines is 2. The third-order valence-corrected chi connectivity index (χ3v) is 6.62. The minimum absolute atomic E-state index is 0.283. The molecule has 1 fully saturated rings. The normalized spacial score (nSPS) is 16.9. The van der Waals surface area contributed by atoms with Crippen molar-refractivity contribution in [1.29, 1.82) is 0 Å². The Balaban J connectivity index is 1.55. The van der Waals surface area contributed by atoms with E-state index >= 15 is 0 Å². The zero-order valence-corrected chi connectivity index (χ0v) is 18.4. The number of rotatable bonds is 4. The summed E-state index contributed by atoms with van der Waals surface area (Å²) in [6.45, 7) is 7.24. The van der Waals surface area contributed by atoms with Crippen LogP contribution in [0.2, 0.25) is 5.02 Å². The average molecular weight is 445 g/mol. The fourth-order valence-corrected chi connectivity index (χ4v) is 4.51. The van der Waals surface area contributed by atoms with Crippen LogP contribution in [0.1, 0.15) is 5.56 Å². The number of morpholine rings is 1. The number of hydrogen-bond donors (Lipinski definition) is 0. The van der Waals surface area contributed by atoms with Crippen molar-refractivity contribution in [2.45, 2.75) is 20.0 Å². The lowest BCUT2D eigenvalue weighted by Crippen LogP contribution is -2.44. The Bertz CT molecular complexity index is 1270. The number of nitrogens with zero attached hydrogens (tertiary/aromatic N) is 6. The molecular formula is C21H25ClN6O3. The lowest BCUT2D eigenvalue weighted by atomic mass is 10.2. The SMILES string of the molecule is Cc1ccc(N2CCn3c2nc2c3c(=O)n(CCN3CCOCC3)c(=O)n2C)cc1Cl. The summed E-state index contributed by atoms with van der Waals surface area (Å²) >= 11 is 6.32. The Hall–Kier alpha value is -2.62. The third-order valence-electron chi connectivity index (χ3n) is 6.21. The molecule has 10 heteroatoms. The second-order valence-corrected chi connectivity index (χ2v) is 8.48. The number of benzene rings is 1. The highest BCUT2D eigenvalue weighted by Crippen LogP contribution is 2.33. The van der Waals surface area contributed by atoms with Crippen LogP contribution in [0.25, 0.3) is 11.2 Å². The van der Waals surface area contributed by atoms with Gasteiger partial charge in [0.25, 0.3) is 5.56 Å². The molecule has 2 aliphatic heterocycles. The van der Waals surface area contributed by atoms with Crippen LogP contribution in [-0.4, -0.2) is 63.0 Å². The largest absolute Gasteiger partial charge is 0.379 e. The number of fused-ring (bicyclic) bond motifs is 3. The van der Waals surface area contributed by atoms with Crippen molar-refractivity contribution in [2.24, 2.45) is 7.05 Å². The minimum atomic E-state index is -0.340. The number of aryl methyl sites for hydroxylation is 2. The Labute approximate surface area is 184 Å². The maximum atomic E-state index is 13.3. The second-order valence-electron chi connectivity index (χ2n) is 8.07. The van der Waals surface area contributed by atoms with E-state index in [-0.39, 0.29) is 11.2 Å². The molecule has 1 saturated heterocycles. The van der Waals surface area contributed by atoms with Gasteiger partial charge in [0.05, 0.1) is 13.2 Å². The monoisotopic (exact) mass is 444 g/mol. The van der Waals surface area contributed by atoms with Crippen LogP contribution in [-0.2, 0) is 24.9 Å². The van der Waals surface area contributed by atoms with E-state index in [0.29, 0.717) is 61.5 Å². The van der Waals surface area contributed by atoms with Gasteiger partial charge in [-0.1, -0.05) is 17.7 Å². The van der Waals surface area contributed by atoms with Crippen LogP contribution >= 0.6 is 11.6 Å². The first-order valence-electron chi connectivity index (χ1n) is 10.5. The zero-order chi connectivity index (χ0) is 21.7. The van der Waals surface area contributed by atoms with Crippen molar-refractivity contribution < 1.29 is 4.74 Å². The molecule has 0 radical (unpaired) electrons. The van der Waals surface area contributed by atoms with Crippen molar-refractivity contribution in [1.82, 2.24) is 23.6 Å². The van der Waals surface area contributed by atoms with Gasteiger partial charge in [-0.2, -0.15) is 4.98 Å². The van der Waals surface area contributed by atoms with Gasteiger partial charge >= 0.3 is 5.69 Å². The standard InChI is InChI=1S/C21H25ClN6O3/c1-14-3-4-15(13-16(14)22)26-7-8-27-17-18(23-20(26)27)24(2)21(30)28(19(17)29)6-5-25-9-11-31-12-10-25/h3-4,13H,5-12H2,1-2H3. The van der Waals surface area contributed by atoms with Crippen LogP contribution in [0.4, 0.5) is 11.6 Å². The number of hydrogen-bond acceptors (Lipinski definition) is 6. The third kappa shape index (κ3) is 3.37. The molecule has 164 valence electrons. The highest BCUT2D eigenvalue weighted by molar-refractivity contribution is 6.31. The number of ether oxygens (including phenoxy) is 1. The molecular weight excluding hydrogens is 420 g/mol. The fraction of sp³-hybridized carbons (Fsp3) is 0.476. The van der Waals surface area contributed by atoms with E-state index in [1.54, 1.807) is 7.05 Å². The first kappa shape index (κ1) is 20.3. The Kier molecular flexibility index (Phi) is 5.11. The average Bonchev–Trinajstić information content (AvgIpc) is 3.34. The van der Waals surface area contributed by atoms with Crippen LogP contribution in [0.3, 0.4) is 0 Å². The maximum absolute atomic E-state index is 13.3. The van der Waals surface area contributed by atoms with Crippen LogP contribution < -0.4 is 16.1 Å². The van der Waals surface area contributed by atoms with Crippen molar-refractivity contribution in [3.8, 4) is 0 Å². The number of halogens is 1. The van der Waals surface area contributed by atoms with Crippen molar-refractivity contribution in [3.05, 3.63) is 49.6 Å². The number of aromatic nitrogens is 4. The van der Waals surface area contributed by atoms with E-state index in [4.69, 9.17) is 16.3 Å². The summed E-state index contributed by atoms with van der Waals surface area (Å²) in [6, 6.07) is 5.87. The zero-order valence-electron chi connectivity index (χ0n) is 17.7. The first-order chi connectivity index (χ1) is 15.0. The quantitative estimate of drug-likeness (QED) is 0.604. The summed E-state index contributed by atoms with van der Waals surface area (Å²) in [5.41, 5.74) is 2.18.